The summed E-state index contributed by atoms with van der Waals surface area (Å²) in [6.45, 7) is 6.81. The number of hydrogen-bond acceptors (Lipinski definition) is 2. The van der Waals surface area contributed by atoms with Crippen LogP contribution in [-0.4, -0.2) is 16.6 Å². The molecule has 0 spiro atoms. The molecule has 3 nitrogen and oxygen atoms in total. The highest BCUT2D eigenvalue weighted by Gasteiger charge is 2.29. The Hall–Kier alpha value is -0.830. The van der Waals surface area contributed by atoms with E-state index in [4.69, 9.17) is 0 Å². The van der Waals surface area contributed by atoms with Crippen molar-refractivity contribution in [2.24, 2.45) is 5.92 Å². The van der Waals surface area contributed by atoms with Gasteiger partial charge in [-0.25, -0.2) is 4.98 Å². The van der Waals surface area contributed by atoms with Crippen LogP contribution < -0.4 is 5.32 Å². The predicted octanol–water partition coefficient (Wildman–Crippen LogP) is 3.09. The van der Waals surface area contributed by atoms with Gasteiger partial charge in [-0.3, -0.25) is 0 Å². The van der Waals surface area contributed by atoms with Crippen LogP contribution in [0.5, 0.6) is 0 Å². The van der Waals surface area contributed by atoms with Crippen molar-refractivity contribution < 1.29 is 0 Å². The Kier molecular flexibility index (Phi) is 3.57. The summed E-state index contributed by atoms with van der Waals surface area (Å²) in [4.78, 5) is 4.37. The van der Waals surface area contributed by atoms with Crippen molar-refractivity contribution in [3.05, 3.63) is 18.2 Å². The number of nitrogens with one attached hydrogen (secondary N) is 1. The van der Waals surface area contributed by atoms with Crippen molar-refractivity contribution >= 4 is 0 Å². The minimum absolute atomic E-state index is 0.00628. The number of rotatable bonds is 3. The van der Waals surface area contributed by atoms with Crippen LogP contribution >= 0.6 is 0 Å². The Morgan fingerprint density at radius 1 is 1.35 bits per heavy atom. The summed E-state index contributed by atoms with van der Waals surface area (Å²) in [5.41, 5.74) is 1.30. The van der Waals surface area contributed by atoms with Crippen molar-refractivity contribution in [2.75, 3.05) is 7.05 Å². The summed E-state index contributed by atoms with van der Waals surface area (Å²) in [5, 5.41) is 3.38. The van der Waals surface area contributed by atoms with Gasteiger partial charge in [-0.15, -0.1) is 0 Å². The van der Waals surface area contributed by atoms with Crippen LogP contribution in [0.1, 0.15) is 58.2 Å². The second-order valence-electron chi connectivity index (χ2n) is 5.89. The molecular formula is C14H25N3. The summed E-state index contributed by atoms with van der Waals surface area (Å²) in [5.74, 6) is 0.768. The van der Waals surface area contributed by atoms with Crippen LogP contribution in [0.3, 0.4) is 0 Å². The molecule has 1 aliphatic carbocycles. The molecule has 1 fully saturated rings. The minimum atomic E-state index is -0.00628. The van der Waals surface area contributed by atoms with Crippen LogP contribution in [0.4, 0.5) is 0 Å². The lowest BCUT2D eigenvalue weighted by molar-refractivity contribution is 0.241. The normalized spacial score (nSPS) is 26.1. The van der Waals surface area contributed by atoms with Crippen molar-refractivity contribution in [1.82, 2.24) is 14.9 Å². The molecule has 1 heterocycles. The predicted molar refractivity (Wildman–Crippen MR) is 71.0 cm³/mol. The van der Waals surface area contributed by atoms with Gasteiger partial charge in [-0.2, -0.15) is 0 Å². The van der Waals surface area contributed by atoms with E-state index in [0.717, 1.165) is 5.92 Å². The molecule has 0 amide bonds. The number of aromatic nitrogens is 2. The SMILES string of the molecule is CNC(C)(C)c1cncn1C1CCCCC1C. The maximum Gasteiger partial charge on any atom is 0.0951 e. The lowest BCUT2D eigenvalue weighted by Crippen LogP contribution is -2.37. The summed E-state index contributed by atoms with van der Waals surface area (Å²) in [6, 6.07) is 0.633. The fourth-order valence-corrected chi connectivity index (χ4v) is 2.89. The summed E-state index contributed by atoms with van der Waals surface area (Å²) in [6.07, 6.45) is 9.41. The molecule has 2 atom stereocenters. The first-order valence-corrected chi connectivity index (χ1v) is 6.77. The van der Waals surface area contributed by atoms with E-state index in [1.165, 1.54) is 31.4 Å². The highest BCUT2D eigenvalue weighted by molar-refractivity contribution is 5.12. The van der Waals surface area contributed by atoms with Gasteiger partial charge in [0.25, 0.3) is 0 Å². The Morgan fingerprint density at radius 3 is 2.71 bits per heavy atom. The van der Waals surface area contributed by atoms with E-state index in [1.807, 2.05) is 19.6 Å². The molecule has 2 unspecified atom stereocenters. The minimum Gasteiger partial charge on any atom is -0.330 e. The van der Waals surface area contributed by atoms with Gasteiger partial charge in [0.05, 0.1) is 23.8 Å². The molecule has 1 aromatic rings. The van der Waals surface area contributed by atoms with Crippen LogP contribution in [0, 0.1) is 5.92 Å². The van der Waals surface area contributed by atoms with Crippen LogP contribution in [0.15, 0.2) is 12.5 Å². The Morgan fingerprint density at radius 2 is 2.06 bits per heavy atom. The molecule has 0 saturated heterocycles. The highest BCUT2D eigenvalue weighted by Crippen LogP contribution is 2.36. The average molecular weight is 235 g/mol. The largest absolute Gasteiger partial charge is 0.330 e. The van der Waals surface area contributed by atoms with Crippen LogP contribution in [0.25, 0.3) is 0 Å². The molecule has 0 aromatic carbocycles. The summed E-state index contributed by atoms with van der Waals surface area (Å²) < 4.78 is 2.40. The van der Waals surface area contributed by atoms with Gasteiger partial charge in [0.15, 0.2) is 0 Å². The van der Waals surface area contributed by atoms with Gasteiger partial charge in [0, 0.05) is 6.04 Å². The van der Waals surface area contributed by atoms with Gasteiger partial charge >= 0.3 is 0 Å². The molecule has 1 aromatic heterocycles. The van der Waals surface area contributed by atoms with Crippen LogP contribution in [0.2, 0.25) is 0 Å². The van der Waals surface area contributed by atoms with E-state index >= 15 is 0 Å². The van der Waals surface area contributed by atoms with Crippen molar-refractivity contribution in [3.8, 4) is 0 Å². The molecule has 3 heteroatoms. The third-order valence-corrected chi connectivity index (χ3v) is 4.35. The second kappa shape index (κ2) is 4.81. The third kappa shape index (κ3) is 2.39. The topological polar surface area (TPSA) is 29.9 Å². The molecular weight excluding hydrogens is 210 g/mol. The third-order valence-electron chi connectivity index (χ3n) is 4.35. The molecule has 1 aliphatic rings. The van der Waals surface area contributed by atoms with Crippen molar-refractivity contribution in [2.45, 2.75) is 58.0 Å². The van der Waals surface area contributed by atoms with Crippen molar-refractivity contribution in [3.63, 3.8) is 0 Å². The molecule has 0 aliphatic heterocycles. The monoisotopic (exact) mass is 235 g/mol. The molecule has 1 N–H and O–H groups in total. The maximum absolute atomic E-state index is 4.37. The van der Waals surface area contributed by atoms with Gasteiger partial charge in [-0.1, -0.05) is 19.8 Å². The smallest absolute Gasteiger partial charge is 0.0951 e. The molecule has 96 valence electrons. The van der Waals surface area contributed by atoms with Gasteiger partial charge in [-0.05, 0) is 39.7 Å². The fraction of sp³-hybridized carbons (Fsp3) is 0.786. The molecule has 1 saturated carbocycles. The highest BCUT2D eigenvalue weighted by atomic mass is 15.1. The summed E-state index contributed by atoms with van der Waals surface area (Å²) >= 11 is 0. The number of nitrogens with zero attached hydrogens (tertiary/aromatic N) is 2. The van der Waals surface area contributed by atoms with E-state index in [9.17, 15) is 0 Å². The standard InChI is InChI=1S/C14H25N3/c1-11-7-5-6-8-12(11)17-10-16-9-13(17)14(2,3)15-4/h9-12,15H,5-8H2,1-4H3. The average Bonchev–Trinajstić information content (AvgIpc) is 2.79. The van der Waals surface area contributed by atoms with E-state index in [2.05, 4.69) is 35.6 Å². The van der Waals surface area contributed by atoms with Gasteiger partial charge in [0.1, 0.15) is 0 Å². The van der Waals surface area contributed by atoms with E-state index in [0.29, 0.717) is 6.04 Å². The Bertz CT molecular complexity index is 367. The van der Waals surface area contributed by atoms with Crippen LogP contribution in [-0.2, 0) is 5.54 Å². The second-order valence-corrected chi connectivity index (χ2v) is 5.89. The first-order valence-electron chi connectivity index (χ1n) is 6.77. The lowest BCUT2D eigenvalue weighted by atomic mass is 9.85. The number of imidazole rings is 1. The molecule has 0 radical (unpaired) electrons. The Labute approximate surface area is 105 Å². The molecule has 2 rings (SSSR count). The first kappa shape index (κ1) is 12.6. The van der Waals surface area contributed by atoms with Gasteiger partial charge in [0.2, 0.25) is 0 Å². The van der Waals surface area contributed by atoms with E-state index in [-0.39, 0.29) is 5.54 Å². The lowest BCUT2D eigenvalue weighted by Gasteiger charge is -2.34. The Balaban J connectivity index is 2.29. The fourth-order valence-electron chi connectivity index (χ4n) is 2.89. The van der Waals surface area contributed by atoms with Gasteiger partial charge < -0.3 is 9.88 Å². The zero-order valence-corrected chi connectivity index (χ0v) is 11.5. The zero-order valence-electron chi connectivity index (χ0n) is 11.5. The van der Waals surface area contributed by atoms with E-state index in [1.54, 1.807) is 0 Å². The zero-order chi connectivity index (χ0) is 12.5. The molecule has 17 heavy (non-hydrogen) atoms. The molecule has 0 bridgehead atoms. The summed E-state index contributed by atoms with van der Waals surface area (Å²) in [7, 11) is 2.02. The van der Waals surface area contributed by atoms with Crippen molar-refractivity contribution in [1.29, 1.82) is 0 Å². The maximum atomic E-state index is 4.37. The van der Waals surface area contributed by atoms with E-state index < -0.39 is 0 Å². The number of hydrogen-bond donors (Lipinski definition) is 1. The quantitative estimate of drug-likeness (QED) is 0.872. The first-order chi connectivity index (χ1) is 8.06.